The fourth-order valence-electron chi connectivity index (χ4n) is 3.45. The molecule has 1 aliphatic heterocycles. The average Bonchev–Trinajstić information content (AvgIpc) is 2.92. The van der Waals surface area contributed by atoms with Crippen molar-refractivity contribution < 1.29 is 18.7 Å². The van der Waals surface area contributed by atoms with Crippen LogP contribution in [0.5, 0.6) is 5.75 Å². The maximum absolute atomic E-state index is 13.1. The van der Waals surface area contributed by atoms with Crippen LogP contribution in [0.15, 0.2) is 63.8 Å². The minimum atomic E-state index is -1.16. The lowest BCUT2D eigenvalue weighted by Crippen LogP contribution is -2.40. The Morgan fingerprint density at radius 1 is 1.07 bits per heavy atom. The lowest BCUT2D eigenvalue weighted by Gasteiger charge is -2.22. The molecule has 4 rings (SSSR count). The van der Waals surface area contributed by atoms with E-state index in [9.17, 15) is 14.4 Å². The van der Waals surface area contributed by atoms with Gasteiger partial charge < -0.3 is 14.5 Å². The van der Waals surface area contributed by atoms with Gasteiger partial charge in [0.15, 0.2) is 0 Å². The number of benzene rings is 2. The standard InChI is InChI=1S/C21H18N2O5/c1-21(14-6-4-3-5-7-14)19(25)23(20(26)22-21)12-13-10-18(24)28-17-11-15(27-2)8-9-16(13)17/h3-11H,12H2,1-2H3,(H,22,26)/t21-/m1/s1. The predicted molar refractivity (Wildman–Crippen MR) is 102 cm³/mol. The fourth-order valence-corrected chi connectivity index (χ4v) is 3.45. The minimum absolute atomic E-state index is 0.0402. The number of carbonyl (C=O) groups is 2. The van der Waals surface area contributed by atoms with Crippen molar-refractivity contribution in [3.05, 3.63) is 76.1 Å². The van der Waals surface area contributed by atoms with Crippen LogP contribution in [-0.2, 0) is 16.9 Å². The molecule has 142 valence electrons. The van der Waals surface area contributed by atoms with Gasteiger partial charge in [-0.25, -0.2) is 9.59 Å². The summed E-state index contributed by atoms with van der Waals surface area (Å²) in [5, 5.41) is 3.40. The van der Waals surface area contributed by atoms with Gasteiger partial charge in [-0.15, -0.1) is 0 Å². The number of hydrogen-bond acceptors (Lipinski definition) is 5. The van der Waals surface area contributed by atoms with E-state index in [-0.39, 0.29) is 12.5 Å². The van der Waals surface area contributed by atoms with Crippen molar-refractivity contribution >= 4 is 22.9 Å². The van der Waals surface area contributed by atoms with E-state index < -0.39 is 17.2 Å². The molecule has 0 unspecified atom stereocenters. The third-order valence-corrected chi connectivity index (χ3v) is 4.99. The van der Waals surface area contributed by atoms with Crippen molar-refractivity contribution in [3.63, 3.8) is 0 Å². The van der Waals surface area contributed by atoms with E-state index in [1.807, 2.05) is 18.2 Å². The van der Waals surface area contributed by atoms with Crippen LogP contribution in [0.1, 0.15) is 18.1 Å². The molecule has 0 radical (unpaired) electrons. The zero-order valence-corrected chi connectivity index (χ0v) is 15.4. The summed E-state index contributed by atoms with van der Waals surface area (Å²) in [6, 6.07) is 14.9. The number of fused-ring (bicyclic) bond motifs is 1. The lowest BCUT2D eigenvalue weighted by atomic mass is 9.92. The van der Waals surface area contributed by atoms with Gasteiger partial charge in [-0.3, -0.25) is 9.69 Å². The van der Waals surface area contributed by atoms with Crippen molar-refractivity contribution in [3.8, 4) is 5.75 Å². The SMILES string of the molecule is COc1ccc2c(CN3C(=O)N[C@](C)(c4ccccc4)C3=O)cc(=O)oc2c1. The maximum atomic E-state index is 13.1. The molecule has 2 heterocycles. The van der Waals surface area contributed by atoms with Crippen LogP contribution in [0.25, 0.3) is 11.0 Å². The van der Waals surface area contributed by atoms with Gasteiger partial charge in [0.2, 0.25) is 0 Å². The molecular weight excluding hydrogens is 360 g/mol. The van der Waals surface area contributed by atoms with Crippen molar-refractivity contribution in [2.24, 2.45) is 0 Å². The molecule has 1 atom stereocenters. The number of carbonyl (C=O) groups excluding carboxylic acids is 2. The summed E-state index contributed by atoms with van der Waals surface area (Å²) in [5.41, 5.74) is -0.169. The highest BCUT2D eigenvalue weighted by Gasteiger charge is 2.48. The number of nitrogens with zero attached hydrogens (tertiary/aromatic N) is 1. The largest absolute Gasteiger partial charge is 0.497 e. The molecule has 3 aromatic rings. The molecule has 1 N–H and O–H groups in total. The highest BCUT2D eigenvalue weighted by atomic mass is 16.5. The number of ether oxygens (including phenoxy) is 1. The first kappa shape index (κ1) is 17.8. The Labute approximate surface area is 160 Å². The molecule has 0 bridgehead atoms. The molecule has 0 aliphatic carbocycles. The number of urea groups is 1. The zero-order chi connectivity index (χ0) is 19.9. The van der Waals surface area contributed by atoms with E-state index in [0.717, 1.165) is 4.90 Å². The topological polar surface area (TPSA) is 88.9 Å². The van der Waals surface area contributed by atoms with Crippen LogP contribution < -0.4 is 15.7 Å². The third-order valence-electron chi connectivity index (χ3n) is 4.99. The summed E-state index contributed by atoms with van der Waals surface area (Å²) in [4.78, 5) is 38.8. The Kier molecular flexibility index (Phi) is 4.15. The molecular formula is C21H18N2O5. The second-order valence-electron chi connectivity index (χ2n) is 6.77. The summed E-state index contributed by atoms with van der Waals surface area (Å²) in [7, 11) is 1.51. The first-order chi connectivity index (χ1) is 13.4. The van der Waals surface area contributed by atoms with E-state index in [0.29, 0.717) is 27.8 Å². The quantitative estimate of drug-likeness (QED) is 0.557. The van der Waals surface area contributed by atoms with Gasteiger partial charge in [-0.2, -0.15) is 0 Å². The molecule has 1 fully saturated rings. The highest BCUT2D eigenvalue weighted by Crippen LogP contribution is 2.31. The van der Waals surface area contributed by atoms with Gasteiger partial charge in [0.1, 0.15) is 16.9 Å². The van der Waals surface area contributed by atoms with E-state index in [1.165, 1.54) is 13.2 Å². The van der Waals surface area contributed by atoms with Crippen molar-refractivity contribution in [2.45, 2.75) is 19.0 Å². The number of amides is 3. The summed E-state index contributed by atoms with van der Waals surface area (Å²) in [6.07, 6.45) is 0. The first-order valence-electron chi connectivity index (χ1n) is 8.73. The molecule has 7 nitrogen and oxygen atoms in total. The van der Waals surface area contributed by atoms with Crippen LogP contribution in [0.2, 0.25) is 0 Å². The summed E-state index contributed by atoms with van der Waals surface area (Å²) in [6.45, 7) is 1.63. The fraction of sp³-hybridized carbons (Fsp3) is 0.190. The van der Waals surface area contributed by atoms with Crippen LogP contribution in [0.4, 0.5) is 4.79 Å². The van der Waals surface area contributed by atoms with Crippen LogP contribution >= 0.6 is 0 Å². The van der Waals surface area contributed by atoms with Gasteiger partial charge in [-0.1, -0.05) is 30.3 Å². The Morgan fingerprint density at radius 3 is 2.54 bits per heavy atom. The number of hydrogen-bond donors (Lipinski definition) is 1. The molecule has 1 aromatic heterocycles. The zero-order valence-electron chi connectivity index (χ0n) is 15.4. The summed E-state index contributed by atoms with van der Waals surface area (Å²) in [5.74, 6) is 0.165. The first-order valence-corrected chi connectivity index (χ1v) is 8.73. The number of rotatable bonds is 4. The normalized spacial score (nSPS) is 19.1. The van der Waals surface area contributed by atoms with Crippen molar-refractivity contribution in [2.75, 3.05) is 7.11 Å². The van der Waals surface area contributed by atoms with Crippen molar-refractivity contribution in [1.82, 2.24) is 10.2 Å². The molecule has 0 spiro atoms. The smallest absolute Gasteiger partial charge is 0.336 e. The van der Waals surface area contributed by atoms with Gasteiger partial charge in [0.25, 0.3) is 5.91 Å². The van der Waals surface area contributed by atoms with Crippen molar-refractivity contribution in [1.29, 1.82) is 0 Å². The molecule has 0 saturated carbocycles. The molecule has 1 saturated heterocycles. The van der Waals surface area contributed by atoms with E-state index >= 15 is 0 Å². The summed E-state index contributed by atoms with van der Waals surface area (Å²) >= 11 is 0. The van der Waals surface area contributed by atoms with E-state index in [1.54, 1.807) is 37.3 Å². The second kappa shape index (κ2) is 6.53. The summed E-state index contributed by atoms with van der Waals surface area (Å²) < 4.78 is 10.4. The lowest BCUT2D eigenvalue weighted by molar-refractivity contribution is -0.131. The molecule has 28 heavy (non-hydrogen) atoms. The Hall–Kier alpha value is -3.61. The predicted octanol–water partition coefficient (Wildman–Crippen LogP) is 2.77. The van der Waals surface area contributed by atoms with Gasteiger partial charge >= 0.3 is 11.7 Å². The Morgan fingerprint density at radius 2 is 1.82 bits per heavy atom. The second-order valence-corrected chi connectivity index (χ2v) is 6.77. The molecule has 2 aromatic carbocycles. The van der Waals surface area contributed by atoms with Gasteiger partial charge in [0, 0.05) is 17.5 Å². The Bertz CT molecular complexity index is 1140. The number of imide groups is 1. The molecule has 3 amide bonds. The highest BCUT2D eigenvalue weighted by molar-refractivity contribution is 6.07. The molecule has 7 heteroatoms. The maximum Gasteiger partial charge on any atom is 0.336 e. The number of methoxy groups -OCH3 is 1. The molecule has 1 aliphatic rings. The van der Waals surface area contributed by atoms with Crippen LogP contribution in [0, 0.1) is 0 Å². The van der Waals surface area contributed by atoms with E-state index in [4.69, 9.17) is 9.15 Å². The minimum Gasteiger partial charge on any atom is -0.497 e. The monoisotopic (exact) mass is 378 g/mol. The van der Waals surface area contributed by atoms with E-state index in [2.05, 4.69) is 5.32 Å². The van der Waals surface area contributed by atoms with Crippen LogP contribution in [-0.4, -0.2) is 23.9 Å². The number of nitrogens with one attached hydrogen (secondary N) is 1. The third kappa shape index (κ3) is 2.81. The average molecular weight is 378 g/mol. The van der Waals surface area contributed by atoms with Gasteiger partial charge in [-0.05, 0) is 30.2 Å². The van der Waals surface area contributed by atoms with Gasteiger partial charge in [0.05, 0.1) is 13.7 Å². The van der Waals surface area contributed by atoms with Crippen LogP contribution in [0.3, 0.4) is 0 Å². The Balaban J connectivity index is 1.73.